The average Bonchev–Trinajstić information content (AvgIpc) is 2.42. The van der Waals surface area contributed by atoms with Gasteiger partial charge in [0.1, 0.15) is 0 Å². The Hall–Kier alpha value is -1.26. The number of benzene rings is 1. The van der Waals surface area contributed by atoms with E-state index >= 15 is 0 Å². The summed E-state index contributed by atoms with van der Waals surface area (Å²) in [7, 11) is 7.08. The summed E-state index contributed by atoms with van der Waals surface area (Å²) < 4.78 is 16.4. The Kier molecular flexibility index (Phi) is 4.32. The zero-order chi connectivity index (χ0) is 13.9. The predicted molar refractivity (Wildman–Crippen MR) is 74.9 cm³/mol. The van der Waals surface area contributed by atoms with E-state index in [1.807, 2.05) is 19.2 Å². The van der Waals surface area contributed by atoms with Gasteiger partial charge >= 0.3 is 0 Å². The van der Waals surface area contributed by atoms with Crippen molar-refractivity contribution in [1.29, 1.82) is 0 Å². The highest BCUT2D eigenvalue weighted by atomic mass is 16.5. The second-order valence-electron chi connectivity index (χ2n) is 4.96. The topological polar surface area (TPSA) is 39.7 Å². The van der Waals surface area contributed by atoms with Crippen LogP contribution in [0, 0.1) is 0 Å². The van der Waals surface area contributed by atoms with Crippen LogP contribution in [0.4, 0.5) is 0 Å². The molecule has 1 aliphatic carbocycles. The Labute approximate surface area is 115 Å². The van der Waals surface area contributed by atoms with Crippen molar-refractivity contribution in [2.45, 2.75) is 30.9 Å². The van der Waals surface area contributed by atoms with Crippen LogP contribution in [-0.4, -0.2) is 34.0 Å². The van der Waals surface area contributed by atoms with Crippen molar-refractivity contribution in [3.63, 3.8) is 0 Å². The molecule has 19 heavy (non-hydrogen) atoms. The third-order valence-electron chi connectivity index (χ3n) is 4.16. The molecule has 0 heterocycles. The molecule has 0 radical (unpaired) electrons. The summed E-state index contributed by atoms with van der Waals surface area (Å²) in [6, 6.07) is 6.22. The first-order chi connectivity index (χ1) is 9.20. The molecule has 1 atom stereocenters. The van der Waals surface area contributed by atoms with Crippen molar-refractivity contribution in [1.82, 2.24) is 5.32 Å². The van der Waals surface area contributed by atoms with Crippen LogP contribution in [0.1, 0.15) is 30.9 Å². The van der Waals surface area contributed by atoms with Gasteiger partial charge in [0.2, 0.25) is 0 Å². The lowest BCUT2D eigenvalue weighted by Crippen LogP contribution is -2.49. The van der Waals surface area contributed by atoms with Crippen molar-refractivity contribution >= 4 is 0 Å². The lowest BCUT2D eigenvalue weighted by molar-refractivity contribution is -0.0983. The molecule has 1 fully saturated rings. The van der Waals surface area contributed by atoms with Gasteiger partial charge in [0.15, 0.2) is 11.5 Å². The third-order valence-corrected chi connectivity index (χ3v) is 4.16. The average molecular weight is 265 g/mol. The summed E-state index contributed by atoms with van der Waals surface area (Å²) in [5.41, 5.74) is 1.08. The van der Waals surface area contributed by atoms with Crippen molar-refractivity contribution in [3.05, 3.63) is 23.8 Å². The highest BCUT2D eigenvalue weighted by Crippen LogP contribution is 2.45. The van der Waals surface area contributed by atoms with Crippen LogP contribution in [-0.2, 0) is 4.74 Å². The van der Waals surface area contributed by atoms with Crippen molar-refractivity contribution in [2.75, 3.05) is 28.4 Å². The van der Waals surface area contributed by atoms with Crippen LogP contribution in [0.25, 0.3) is 0 Å². The van der Waals surface area contributed by atoms with Gasteiger partial charge in [0.05, 0.1) is 25.9 Å². The van der Waals surface area contributed by atoms with Gasteiger partial charge in [0.25, 0.3) is 0 Å². The molecule has 2 rings (SSSR count). The second kappa shape index (κ2) is 5.80. The molecule has 1 aromatic rings. The molecule has 1 aliphatic rings. The minimum atomic E-state index is -0.0889. The van der Waals surface area contributed by atoms with Gasteiger partial charge in [-0.2, -0.15) is 0 Å². The van der Waals surface area contributed by atoms with E-state index in [-0.39, 0.29) is 11.6 Å². The summed E-state index contributed by atoms with van der Waals surface area (Å²) >= 11 is 0. The molecule has 4 nitrogen and oxygen atoms in total. The molecule has 0 saturated heterocycles. The molecular weight excluding hydrogens is 242 g/mol. The standard InChI is InChI=1S/C15H23NO3/c1-16-14(15(19-4)8-5-9-15)11-6-7-12(17-2)13(10-11)18-3/h6-7,10,14,16H,5,8-9H2,1-4H3. The van der Waals surface area contributed by atoms with Crippen LogP contribution >= 0.6 is 0 Å². The number of rotatable bonds is 6. The molecule has 0 spiro atoms. The Balaban J connectivity index is 2.33. The highest BCUT2D eigenvalue weighted by Gasteiger charge is 2.44. The monoisotopic (exact) mass is 265 g/mol. The maximum absolute atomic E-state index is 5.78. The van der Waals surface area contributed by atoms with E-state index < -0.39 is 0 Å². The van der Waals surface area contributed by atoms with Gasteiger partial charge in [-0.3, -0.25) is 0 Å². The maximum Gasteiger partial charge on any atom is 0.161 e. The Bertz CT molecular complexity index is 424. The van der Waals surface area contributed by atoms with Gasteiger partial charge in [-0.15, -0.1) is 0 Å². The van der Waals surface area contributed by atoms with Gasteiger partial charge < -0.3 is 19.5 Å². The van der Waals surface area contributed by atoms with E-state index in [1.54, 1.807) is 21.3 Å². The smallest absolute Gasteiger partial charge is 0.161 e. The second-order valence-corrected chi connectivity index (χ2v) is 4.96. The fourth-order valence-electron chi connectivity index (χ4n) is 2.90. The SMILES string of the molecule is CNC(c1ccc(OC)c(OC)c1)C1(OC)CCC1. The maximum atomic E-state index is 5.78. The van der Waals surface area contributed by atoms with E-state index in [1.165, 1.54) is 12.0 Å². The van der Waals surface area contributed by atoms with Gasteiger partial charge in [-0.1, -0.05) is 6.07 Å². The molecule has 0 aromatic heterocycles. The minimum Gasteiger partial charge on any atom is -0.493 e. The fraction of sp³-hybridized carbons (Fsp3) is 0.600. The minimum absolute atomic E-state index is 0.0889. The summed E-state index contributed by atoms with van der Waals surface area (Å²) in [5.74, 6) is 1.51. The number of hydrogen-bond acceptors (Lipinski definition) is 4. The van der Waals surface area contributed by atoms with E-state index in [0.29, 0.717) is 0 Å². The molecule has 0 bridgehead atoms. The summed E-state index contributed by atoms with van der Waals surface area (Å²) in [4.78, 5) is 0. The summed E-state index contributed by atoms with van der Waals surface area (Å²) in [6.45, 7) is 0. The zero-order valence-electron chi connectivity index (χ0n) is 12.2. The summed E-state index contributed by atoms with van der Waals surface area (Å²) in [6.07, 6.45) is 3.39. The summed E-state index contributed by atoms with van der Waals surface area (Å²) in [5, 5.41) is 3.38. The third kappa shape index (κ3) is 2.42. The molecule has 1 saturated carbocycles. The Morgan fingerprint density at radius 1 is 1.11 bits per heavy atom. The number of hydrogen-bond donors (Lipinski definition) is 1. The first kappa shape index (κ1) is 14.2. The Morgan fingerprint density at radius 3 is 2.21 bits per heavy atom. The lowest BCUT2D eigenvalue weighted by Gasteiger charge is -2.46. The predicted octanol–water partition coefficient (Wildman–Crippen LogP) is 2.53. The van der Waals surface area contributed by atoms with Crippen molar-refractivity contribution in [3.8, 4) is 11.5 Å². The molecule has 4 heteroatoms. The first-order valence-electron chi connectivity index (χ1n) is 6.65. The van der Waals surface area contributed by atoms with E-state index in [0.717, 1.165) is 24.3 Å². The zero-order valence-corrected chi connectivity index (χ0v) is 12.2. The van der Waals surface area contributed by atoms with Crippen molar-refractivity contribution in [2.24, 2.45) is 0 Å². The van der Waals surface area contributed by atoms with Crippen LogP contribution in [0.3, 0.4) is 0 Å². The molecular formula is C15H23NO3. The normalized spacial score (nSPS) is 18.5. The quantitative estimate of drug-likeness (QED) is 0.858. The van der Waals surface area contributed by atoms with E-state index in [2.05, 4.69) is 11.4 Å². The molecule has 0 aliphatic heterocycles. The van der Waals surface area contributed by atoms with Crippen LogP contribution in [0.15, 0.2) is 18.2 Å². The molecule has 106 valence electrons. The molecule has 1 aromatic carbocycles. The number of methoxy groups -OCH3 is 3. The van der Waals surface area contributed by atoms with E-state index in [4.69, 9.17) is 14.2 Å². The van der Waals surface area contributed by atoms with E-state index in [9.17, 15) is 0 Å². The highest BCUT2D eigenvalue weighted by molar-refractivity contribution is 5.44. The number of nitrogens with one attached hydrogen (secondary N) is 1. The van der Waals surface area contributed by atoms with Crippen LogP contribution in [0.5, 0.6) is 11.5 Å². The van der Waals surface area contributed by atoms with Gasteiger partial charge in [0, 0.05) is 7.11 Å². The lowest BCUT2D eigenvalue weighted by atomic mass is 9.72. The molecule has 0 amide bonds. The fourth-order valence-corrected chi connectivity index (χ4v) is 2.90. The van der Waals surface area contributed by atoms with Gasteiger partial charge in [-0.25, -0.2) is 0 Å². The van der Waals surface area contributed by atoms with Crippen LogP contribution in [0.2, 0.25) is 0 Å². The van der Waals surface area contributed by atoms with Crippen LogP contribution < -0.4 is 14.8 Å². The molecule has 1 unspecified atom stereocenters. The van der Waals surface area contributed by atoms with Gasteiger partial charge in [-0.05, 0) is 44.0 Å². The molecule has 1 N–H and O–H groups in total. The largest absolute Gasteiger partial charge is 0.493 e. The van der Waals surface area contributed by atoms with Crippen molar-refractivity contribution < 1.29 is 14.2 Å². The first-order valence-corrected chi connectivity index (χ1v) is 6.65. The number of likely N-dealkylation sites (N-methyl/N-ethyl adjacent to an activating group) is 1. The Morgan fingerprint density at radius 2 is 1.79 bits per heavy atom. The number of ether oxygens (including phenoxy) is 3.